The Morgan fingerprint density at radius 2 is 2.12 bits per heavy atom. The minimum absolute atomic E-state index is 0.186. The van der Waals surface area contributed by atoms with Crippen molar-refractivity contribution in [1.82, 2.24) is 0 Å². The van der Waals surface area contributed by atoms with Crippen molar-refractivity contribution in [3.63, 3.8) is 0 Å². The van der Waals surface area contributed by atoms with E-state index >= 15 is 0 Å². The number of anilines is 1. The van der Waals surface area contributed by atoms with Crippen LogP contribution >= 0.6 is 11.8 Å². The highest BCUT2D eigenvalue weighted by Gasteiger charge is 2.16. The lowest BCUT2D eigenvalue weighted by Gasteiger charge is -2.06. The third-order valence-electron chi connectivity index (χ3n) is 2.03. The summed E-state index contributed by atoms with van der Waals surface area (Å²) in [6.45, 7) is 0.186. The predicted molar refractivity (Wildman–Crippen MR) is 64.1 cm³/mol. The van der Waals surface area contributed by atoms with Gasteiger partial charge in [0.25, 0.3) is 0 Å². The van der Waals surface area contributed by atoms with Crippen LogP contribution in [-0.2, 0) is 4.74 Å². The first-order chi connectivity index (χ1) is 8.06. The van der Waals surface area contributed by atoms with E-state index in [1.54, 1.807) is 11.8 Å². The van der Waals surface area contributed by atoms with Crippen molar-refractivity contribution < 1.29 is 18.3 Å². The molecule has 0 heterocycles. The molecule has 3 nitrogen and oxygen atoms in total. The van der Waals surface area contributed by atoms with Crippen LogP contribution in [0, 0.1) is 11.6 Å². The molecule has 0 radical (unpaired) electrons. The molecule has 0 bridgehead atoms. The summed E-state index contributed by atoms with van der Waals surface area (Å²) in [5, 5.41) is 0. The van der Waals surface area contributed by atoms with Crippen molar-refractivity contribution in [1.29, 1.82) is 0 Å². The third kappa shape index (κ3) is 3.89. The average molecular weight is 261 g/mol. The van der Waals surface area contributed by atoms with E-state index in [0.29, 0.717) is 6.42 Å². The number of hydrogen-bond acceptors (Lipinski definition) is 4. The molecule has 0 unspecified atom stereocenters. The molecule has 0 amide bonds. The fourth-order valence-corrected chi connectivity index (χ4v) is 1.57. The van der Waals surface area contributed by atoms with Crippen LogP contribution in [0.2, 0.25) is 0 Å². The number of halogens is 2. The maximum atomic E-state index is 13.3. The summed E-state index contributed by atoms with van der Waals surface area (Å²) in [5.41, 5.74) is 4.40. The van der Waals surface area contributed by atoms with Gasteiger partial charge in [-0.2, -0.15) is 11.8 Å². The number of esters is 1. The van der Waals surface area contributed by atoms with Gasteiger partial charge < -0.3 is 10.5 Å². The van der Waals surface area contributed by atoms with Crippen molar-refractivity contribution in [2.24, 2.45) is 0 Å². The summed E-state index contributed by atoms with van der Waals surface area (Å²) >= 11 is 1.61. The van der Waals surface area contributed by atoms with Crippen molar-refractivity contribution in [2.75, 3.05) is 24.3 Å². The summed E-state index contributed by atoms with van der Waals surface area (Å²) in [7, 11) is 0. The minimum atomic E-state index is -0.876. The largest absolute Gasteiger partial charge is 0.462 e. The Balaban J connectivity index is 2.66. The summed E-state index contributed by atoms with van der Waals surface area (Å²) in [4.78, 5) is 11.4. The third-order valence-corrected chi connectivity index (χ3v) is 2.73. The molecule has 0 saturated heterocycles. The second kappa shape index (κ2) is 6.44. The number of thioether (sulfide) groups is 1. The molecule has 94 valence electrons. The molecule has 0 aliphatic heterocycles. The van der Waals surface area contributed by atoms with Gasteiger partial charge >= 0.3 is 5.97 Å². The van der Waals surface area contributed by atoms with Crippen LogP contribution in [0.4, 0.5) is 14.5 Å². The first kappa shape index (κ1) is 13.8. The lowest BCUT2D eigenvalue weighted by atomic mass is 10.2. The van der Waals surface area contributed by atoms with Crippen molar-refractivity contribution >= 4 is 23.4 Å². The Kier molecular flexibility index (Phi) is 5.21. The van der Waals surface area contributed by atoms with Gasteiger partial charge in [-0.1, -0.05) is 0 Å². The molecule has 0 aliphatic carbocycles. The van der Waals surface area contributed by atoms with E-state index in [0.717, 1.165) is 17.9 Å². The summed E-state index contributed by atoms with van der Waals surface area (Å²) < 4.78 is 31.2. The highest BCUT2D eigenvalue weighted by Crippen LogP contribution is 2.17. The first-order valence-corrected chi connectivity index (χ1v) is 6.36. The lowest BCUT2D eigenvalue weighted by molar-refractivity contribution is 0.0500. The SMILES string of the molecule is CSCCCOC(=O)c1cc(F)c(N)cc1F. The molecule has 17 heavy (non-hydrogen) atoms. The van der Waals surface area contributed by atoms with Crippen molar-refractivity contribution in [3.05, 3.63) is 29.3 Å². The molecule has 0 aliphatic rings. The van der Waals surface area contributed by atoms with Gasteiger partial charge in [0.2, 0.25) is 0 Å². The second-order valence-electron chi connectivity index (χ2n) is 3.34. The standard InChI is InChI=1S/C11H13F2NO2S/c1-17-4-2-3-16-11(15)7-5-9(13)10(14)6-8(7)12/h5-6H,2-4,14H2,1H3. The number of carbonyl (C=O) groups excluding carboxylic acids is 1. The molecule has 1 aromatic carbocycles. The summed E-state index contributed by atoms with van der Waals surface area (Å²) in [5.74, 6) is -1.74. The van der Waals surface area contributed by atoms with Gasteiger partial charge in [-0.15, -0.1) is 0 Å². The van der Waals surface area contributed by atoms with Crippen LogP contribution in [-0.4, -0.2) is 24.6 Å². The Morgan fingerprint density at radius 1 is 1.41 bits per heavy atom. The highest BCUT2D eigenvalue weighted by molar-refractivity contribution is 7.98. The van der Waals surface area contributed by atoms with Crippen molar-refractivity contribution in [3.8, 4) is 0 Å². The Labute approximate surface area is 102 Å². The van der Waals surface area contributed by atoms with Crippen LogP contribution in [0.1, 0.15) is 16.8 Å². The van der Waals surface area contributed by atoms with Gasteiger partial charge in [-0.3, -0.25) is 0 Å². The average Bonchev–Trinajstić information content (AvgIpc) is 2.29. The van der Waals surface area contributed by atoms with Crippen LogP contribution < -0.4 is 5.73 Å². The van der Waals surface area contributed by atoms with E-state index in [-0.39, 0.29) is 12.3 Å². The van der Waals surface area contributed by atoms with Gasteiger partial charge in [0, 0.05) is 6.07 Å². The molecular weight excluding hydrogens is 248 g/mol. The summed E-state index contributed by atoms with van der Waals surface area (Å²) in [6, 6.07) is 1.52. The monoisotopic (exact) mass is 261 g/mol. The van der Waals surface area contributed by atoms with E-state index < -0.39 is 23.2 Å². The minimum Gasteiger partial charge on any atom is -0.462 e. The maximum absolute atomic E-state index is 13.3. The smallest absolute Gasteiger partial charge is 0.341 e. The molecule has 1 aromatic rings. The highest BCUT2D eigenvalue weighted by atomic mass is 32.2. The van der Waals surface area contributed by atoms with E-state index in [1.165, 1.54) is 0 Å². The Morgan fingerprint density at radius 3 is 2.76 bits per heavy atom. The van der Waals surface area contributed by atoms with E-state index in [1.807, 2.05) is 6.26 Å². The number of carbonyl (C=O) groups is 1. The second-order valence-corrected chi connectivity index (χ2v) is 4.32. The molecule has 0 spiro atoms. The molecule has 0 atom stereocenters. The van der Waals surface area contributed by atoms with Crippen molar-refractivity contribution in [2.45, 2.75) is 6.42 Å². The maximum Gasteiger partial charge on any atom is 0.341 e. The van der Waals surface area contributed by atoms with Gasteiger partial charge in [0.15, 0.2) is 0 Å². The molecule has 0 saturated carbocycles. The number of hydrogen-bond donors (Lipinski definition) is 1. The quantitative estimate of drug-likeness (QED) is 0.502. The van der Waals surface area contributed by atoms with Crippen LogP contribution in [0.15, 0.2) is 12.1 Å². The number of rotatable bonds is 5. The molecule has 2 N–H and O–H groups in total. The fourth-order valence-electron chi connectivity index (χ4n) is 1.16. The van der Waals surface area contributed by atoms with Crippen LogP contribution in [0.25, 0.3) is 0 Å². The normalized spacial score (nSPS) is 10.3. The van der Waals surface area contributed by atoms with E-state index in [9.17, 15) is 13.6 Å². The molecule has 0 fully saturated rings. The van der Waals surface area contributed by atoms with E-state index in [2.05, 4.69) is 0 Å². The number of benzene rings is 1. The molecule has 1 rings (SSSR count). The fraction of sp³-hybridized carbons (Fsp3) is 0.364. The van der Waals surface area contributed by atoms with Gasteiger partial charge in [-0.05, 0) is 24.5 Å². The summed E-state index contributed by atoms with van der Waals surface area (Å²) in [6.07, 6.45) is 2.60. The Hall–Kier alpha value is -1.30. The van der Waals surface area contributed by atoms with Gasteiger partial charge in [0.1, 0.15) is 11.6 Å². The number of nitrogen functional groups attached to an aromatic ring is 1. The molecule has 0 aromatic heterocycles. The predicted octanol–water partition coefficient (Wildman–Crippen LogP) is 2.46. The van der Waals surface area contributed by atoms with Gasteiger partial charge in [0.05, 0.1) is 17.9 Å². The first-order valence-electron chi connectivity index (χ1n) is 4.97. The van der Waals surface area contributed by atoms with Gasteiger partial charge in [-0.25, -0.2) is 13.6 Å². The zero-order chi connectivity index (χ0) is 12.8. The lowest BCUT2D eigenvalue weighted by Crippen LogP contribution is -2.10. The topological polar surface area (TPSA) is 52.3 Å². The number of ether oxygens (including phenoxy) is 1. The zero-order valence-electron chi connectivity index (χ0n) is 9.33. The van der Waals surface area contributed by atoms with Crippen LogP contribution in [0.3, 0.4) is 0 Å². The zero-order valence-corrected chi connectivity index (χ0v) is 10.2. The van der Waals surface area contributed by atoms with Crippen LogP contribution in [0.5, 0.6) is 0 Å². The molecular formula is C11H13F2NO2S. The van der Waals surface area contributed by atoms with E-state index in [4.69, 9.17) is 10.5 Å². The number of nitrogens with two attached hydrogens (primary N) is 1. The molecule has 6 heteroatoms. The Bertz CT molecular complexity index is 413.